The summed E-state index contributed by atoms with van der Waals surface area (Å²) < 4.78 is 7.09. The number of fused-ring (bicyclic) bond motifs is 1. The number of carbonyl (C=O) groups is 1. The molecule has 0 unspecified atom stereocenters. The average Bonchev–Trinajstić information content (AvgIpc) is 3.37. The predicted molar refractivity (Wildman–Crippen MR) is 112 cm³/mol. The highest BCUT2D eigenvalue weighted by Gasteiger charge is 2.23. The van der Waals surface area contributed by atoms with E-state index in [1.54, 1.807) is 22.9 Å². The van der Waals surface area contributed by atoms with Crippen molar-refractivity contribution < 1.29 is 14.6 Å². The van der Waals surface area contributed by atoms with Gasteiger partial charge in [0.25, 0.3) is 0 Å². The lowest BCUT2D eigenvalue weighted by Gasteiger charge is -2.26. The topological polar surface area (TPSA) is 92.0 Å². The maximum atomic E-state index is 12.3. The van der Waals surface area contributed by atoms with Crippen molar-refractivity contribution in [2.45, 2.75) is 19.3 Å². The van der Waals surface area contributed by atoms with Crippen molar-refractivity contribution in [3.8, 4) is 5.75 Å². The molecule has 2 N–H and O–H groups in total. The van der Waals surface area contributed by atoms with Gasteiger partial charge in [-0.1, -0.05) is 17.7 Å². The Morgan fingerprint density at radius 3 is 2.79 bits per heavy atom. The molecule has 0 fully saturated rings. The molecule has 0 aliphatic carbocycles. The van der Waals surface area contributed by atoms with Gasteiger partial charge in [-0.05, 0) is 31.0 Å². The van der Waals surface area contributed by atoms with Gasteiger partial charge in [0.05, 0.1) is 12.8 Å². The maximum Gasteiger partial charge on any atom is 0.323 e. The summed E-state index contributed by atoms with van der Waals surface area (Å²) in [5, 5.41) is 15.7. The van der Waals surface area contributed by atoms with Gasteiger partial charge in [0.1, 0.15) is 11.6 Å². The Labute approximate surface area is 170 Å². The number of amides is 2. The minimum Gasteiger partial charge on any atom is -0.496 e. The maximum absolute atomic E-state index is 12.3. The molecule has 2 amide bonds. The number of aliphatic hydroxyl groups is 1. The van der Waals surface area contributed by atoms with Crippen LogP contribution in [0.2, 0.25) is 0 Å². The number of hydrogen-bond acceptors (Lipinski definition) is 5. The lowest BCUT2D eigenvalue weighted by atomic mass is 10.1. The first-order valence-electron chi connectivity index (χ1n) is 9.62. The van der Waals surface area contributed by atoms with Crippen molar-refractivity contribution in [1.29, 1.82) is 0 Å². The number of rotatable bonds is 3. The number of methoxy groups -OCH3 is 1. The van der Waals surface area contributed by atoms with E-state index in [1.165, 1.54) is 5.57 Å². The molecule has 2 aromatic rings. The van der Waals surface area contributed by atoms with E-state index in [4.69, 9.17) is 9.84 Å². The fourth-order valence-electron chi connectivity index (χ4n) is 3.27. The summed E-state index contributed by atoms with van der Waals surface area (Å²) in [5.74, 6) is 1.45. The van der Waals surface area contributed by atoms with Crippen LogP contribution in [-0.4, -0.2) is 58.5 Å². The number of aromatic nitrogens is 2. The van der Waals surface area contributed by atoms with Crippen LogP contribution in [0.5, 0.6) is 5.75 Å². The molecule has 8 heteroatoms. The summed E-state index contributed by atoms with van der Waals surface area (Å²) in [4.78, 5) is 18.6. The molecule has 154 valence electrons. The van der Waals surface area contributed by atoms with E-state index < -0.39 is 0 Å². The van der Waals surface area contributed by atoms with Gasteiger partial charge in [-0.25, -0.2) is 9.79 Å². The number of nitrogens with zero attached hydrogens (tertiary/aromatic N) is 4. The number of amidine groups is 1. The highest BCUT2D eigenvalue weighted by molar-refractivity contribution is 6.02. The van der Waals surface area contributed by atoms with Gasteiger partial charge in [0.2, 0.25) is 0 Å². The van der Waals surface area contributed by atoms with Crippen molar-refractivity contribution in [1.82, 2.24) is 20.0 Å². The molecule has 1 aromatic heterocycles. The normalized spacial score (nSPS) is 14.9. The average molecular weight is 397 g/mol. The molecular formula is C21H27N5O3. The standard InChI is InChI=1S/C17H21N3O3.C4H6N2/c1-23-15-4-2-3-14-13(15)11-16(18-14)19-17(22)20-8-5-12(6-9-20)7-10-21;1-6-4-2-3-5-6/h2-5,21H,6-11H2,1H3,(H,18,19,22);2-4H,1H3. The fraction of sp³-hybridized carbons (Fsp3) is 0.381. The quantitative estimate of drug-likeness (QED) is 0.778. The monoisotopic (exact) mass is 397 g/mol. The Balaban J connectivity index is 0.000000343. The second-order valence-electron chi connectivity index (χ2n) is 6.84. The number of urea groups is 1. The van der Waals surface area contributed by atoms with Gasteiger partial charge in [-0.2, -0.15) is 5.10 Å². The molecule has 0 radical (unpaired) electrons. The highest BCUT2D eigenvalue weighted by Crippen LogP contribution is 2.33. The first-order valence-corrected chi connectivity index (χ1v) is 9.62. The Kier molecular flexibility index (Phi) is 7.02. The van der Waals surface area contributed by atoms with Crippen LogP contribution in [0.4, 0.5) is 10.5 Å². The Morgan fingerprint density at radius 1 is 1.34 bits per heavy atom. The molecule has 0 saturated carbocycles. The lowest BCUT2D eigenvalue weighted by molar-refractivity contribution is 0.206. The van der Waals surface area contributed by atoms with Gasteiger partial charge >= 0.3 is 6.03 Å². The SMILES string of the molecule is COc1cccc2c1CC(NC(=O)N1CC=C(CCO)CC1)=N2.Cn1cccn1. The van der Waals surface area contributed by atoms with Crippen LogP contribution >= 0.6 is 0 Å². The number of carbonyl (C=O) groups excluding carboxylic acids is 1. The van der Waals surface area contributed by atoms with Gasteiger partial charge in [0.15, 0.2) is 0 Å². The van der Waals surface area contributed by atoms with Crippen LogP contribution in [0.15, 0.2) is 53.3 Å². The zero-order valence-electron chi connectivity index (χ0n) is 16.8. The minimum absolute atomic E-state index is 0.130. The molecule has 0 bridgehead atoms. The van der Waals surface area contributed by atoms with Crippen molar-refractivity contribution in [3.63, 3.8) is 0 Å². The summed E-state index contributed by atoms with van der Waals surface area (Å²) in [7, 11) is 3.52. The van der Waals surface area contributed by atoms with Crippen LogP contribution in [0.1, 0.15) is 18.4 Å². The largest absolute Gasteiger partial charge is 0.496 e. The van der Waals surface area contributed by atoms with Crippen LogP contribution in [0.25, 0.3) is 0 Å². The van der Waals surface area contributed by atoms with Gasteiger partial charge in [-0.3, -0.25) is 10.00 Å². The third kappa shape index (κ3) is 5.45. The van der Waals surface area contributed by atoms with Gasteiger partial charge < -0.3 is 14.7 Å². The lowest BCUT2D eigenvalue weighted by Crippen LogP contribution is -2.44. The van der Waals surface area contributed by atoms with E-state index in [2.05, 4.69) is 15.4 Å². The highest BCUT2D eigenvalue weighted by atomic mass is 16.5. The molecule has 8 nitrogen and oxygen atoms in total. The first-order chi connectivity index (χ1) is 14.1. The zero-order chi connectivity index (χ0) is 20.6. The summed E-state index contributed by atoms with van der Waals surface area (Å²) >= 11 is 0. The Morgan fingerprint density at radius 2 is 2.21 bits per heavy atom. The molecule has 0 saturated heterocycles. The smallest absolute Gasteiger partial charge is 0.323 e. The van der Waals surface area contributed by atoms with Crippen LogP contribution < -0.4 is 10.1 Å². The van der Waals surface area contributed by atoms with E-state index in [0.717, 1.165) is 23.4 Å². The molecule has 29 heavy (non-hydrogen) atoms. The molecule has 1 aromatic carbocycles. The van der Waals surface area contributed by atoms with E-state index in [9.17, 15) is 4.79 Å². The van der Waals surface area contributed by atoms with E-state index in [-0.39, 0.29) is 12.6 Å². The number of hydrogen-bond donors (Lipinski definition) is 2. The number of nitrogens with one attached hydrogen (secondary N) is 1. The van der Waals surface area contributed by atoms with Gasteiger partial charge in [-0.15, -0.1) is 0 Å². The summed E-state index contributed by atoms with van der Waals surface area (Å²) in [6.07, 6.45) is 7.74. The van der Waals surface area contributed by atoms with E-state index in [1.807, 2.05) is 43.6 Å². The third-order valence-electron chi connectivity index (χ3n) is 4.84. The number of ether oxygens (including phenoxy) is 1. The second kappa shape index (κ2) is 9.88. The molecule has 4 rings (SSSR count). The molecule has 2 aliphatic heterocycles. The van der Waals surface area contributed by atoms with E-state index >= 15 is 0 Å². The van der Waals surface area contributed by atoms with Crippen LogP contribution in [0.3, 0.4) is 0 Å². The second-order valence-corrected chi connectivity index (χ2v) is 6.84. The molecule has 2 aliphatic rings. The predicted octanol–water partition coefficient (Wildman–Crippen LogP) is 2.43. The minimum atomic E-state index is -0.130. The Bertz CT molecular complexity index is 890. The third-order valence-corrected chi connectivity index (χ3v) is 4.84. The van der Waals surface area contributed by atoms with Crippen molar-refractivity contribution in [2.75, 3.05) is 26.8 Å². The zero-order valence-corrected chi connectivity index (χ0v) is 16.8. The number of aliphatic hydroxyl groups excluding tert-OH is 1. The molecule has 3 heterocycles. The van der Waals surface area contributed by atoms with Gasteiger partial charge in [0, 0.05) is 51.1 Å². The fourth-order valence-corrected chi connectivity index (χ4v) is 3.27. The van der Waals surface area contributed by atoms with Crippen molar-refractivity contribution >= 4 is 17.6 Å². The number of benzene rings is 1. The summed E-state index contributed by atoms with van der Waals surface area (Å²) in [5.41, 5.74) is 3.07. The van der Waals surface area contributed by atoms with Crippen LogP contribution in [-0.2, 0) is 13.5 Å². The Hall–Kier alpha value is -3.13. The number of aliphatic imine (C=N–C) groups is 1. The molecule has 0 spiro atoms. The first kappa shape index (κ1) is 20.6. The van der Waals surface area contributed by atoms with E-state index in [0.29, 0.717) is 31.8 Å². The summed E-state index contributed by atoms with van der Waals surface area (Å²) in [6.45, 7) is 1.40. The molecule has 0 atom stereocenters. The van der Waals surface area contributed by atoms with Crippen molar-refractivity contribution in [3.05, 3.63) is 53.9 Å². The van der Waals surface area contributed by atoms with Crippen molar-refractivity contribution in [2.24, 2.45) is 12.0 Å². The molecular weight excluding hydrogens is 370 g/mol. The number of aryl methyl sites for hydroxylation is 1. The van der Waals surface area contributed by atoms with Crippen LogP contribution in [0, 0.1) is 0 Å². The summed E-state index contributed by atoms with van der Waals surface area (Å²) in [6, 6.07) is 7.47.